The van der Waals surface area contributed by atoms with E-state index in [0.717, 1.165) is 11.3 Å². The number of benzene rings is 1. The minimum Gasteiger partial charge on any atom is -0.456 e. The fraction of sp³-hybridized carbons (Fsp3) is 0.200. The van der Waals surface area contributed by atoms with Gasteiger partial charge in [-0.1, -0.05) is 38.6 Å². The van der Waals surface area contributed by atoms with E-state index in [4.69, 9.17) is 4.42 Å². The molecule has 1 heteroatoms. The Labute approximate surface area is 98.1 Å². The van der Waals surface area contributed by atoms with Gasteiger partial charge in [0.15, 0.2) is 0 Å². The number of hydrogen-bond donors (Lipinski definition) is 0. The van der Waals surface area contributed by atoms with E-state index >= 15 is 0 Å². The van der Waals surface area contributed by atoms with Crippen molar-refractivity contribution in [3.8, 4) is 0 Å². The molecule has 0 radical (unpaired) electrons. The third kappa shape index (κ3) is 2.86. The zero-order chi connectivity index (χ0) is 12.6. The van der Waals surface area contributed by atoms with Gasteiger partial charge < -0.3 is 4.42 Å². The Morgan fingerprint density at radius 1 is 1.12 bits per heavy atom. The summed E-state index contributed by atoms with van der Waals surface area (Å²) in [6.07, 6.45) is 1.75. The second kappa shape index (κ2) is 7.52. The fourth-order valence-electron chi connectivity index (χ4n) is 1.39. The van der Waals surface area contributed by atoms with Gasteiger partial charge in [0.1, 0.15) is 11.3 Å². The van der Waals surface area contributed by atoms with Crippen molar-refractivity contribution in [3.63, 3.8) is 0 Å². The van der Waals surface area contributed by atoms with Crippen LogP contribution in [0.1, 0.15) is 25.2 Å². The van der Waals surface area contributed by atoms with Crippen molar-refractivity contribution in [2.24, 2.45) is 0 Å². The number of para-hydroxylation sites is 1. The molecule has 0 aliphatic heterocycles. The number of furan rings is 1. The first-order chi connectivity index (χ1) is 7.83. The molecule has 86 valence electrons. The van der Waals surface area contributed by atoms with Gasteiger partial charge in [0.25, 0.3) is 0 Å². The first kappa shape index (κ1) is 14.2. The van der Waals surface area contributed by atoms with Gasteiger partial charge in [0, 0.05) is 10.9 Å². The van der Waals surface area contributed by atoms with Gasteiger partial charge in [-0.05, 0) is 19.1 Å². The van der Waals surface area contributed by atoms with Crippen LogP contribution in [0.5, 0.6) is 0 Å². The van der Waals surface area contributed by atoms with E-state index < -0.39 is 0 Å². The van der Waals surface area contributed by atoms with E-state index in [2.05, 4.69) is 25.8 Å². The number of fused-ring (bicyclic) bond motifs is 1. The molecule has 0 bridgehead atoms. The molecule has 1 heterocycles. The van der Waals surface area contributed by atoms with Crippen molar-refractivity contribution in [2.45, 2.75) is 20.8 Å². The van der Waals surface area contributed by atoms with Crippen LogP contribution >= 0.6 is 0 Å². The summed E-state index contributed by atoms with van der Waals surface area (Å²) in [4.78, 5) is 0. The Morgan fingerprint density at radius 2 is 1.69 bits per heavy atom. The topological polar surface area (TPSA) is 13.1 Å². The Bertz CT molecular complexity index is 438. The van der Waals surface area contributed by atoms with Crippen molar-refractivity contribution < 1.29 is 4.42 Å². The second-order valence-electron chi connectivity index (χ2n) is 2.79. The molecule has 1 aromatic carbocycles. The molecule has 0 aliphatic carbocycles. The smallest absolute Gasteiger partial charge is 0.135 e. The van der Waals surface area contributed by atoms with Crippen LogP contribution in [0.15, 0.2) is 48.4 Å². The summed E-state index contributed by atoms with van der Waals surface area (Å²) in [7, 11) is 0. The maximum Gasteiger partial charge on any atom is 0.135 e. The van der Waals surface area contributed by atoms with E-state index in [1.54, 1.807) is 6.08 Å². The van der Waals surface area contributed by atoms with Gasteiger partial charge in [-0.15, -0.1) is 13.2 Å². The zero-order valence-electron chi connectivity index (χ0n) is 10.4. The summed E-state index contributed by atoms with van der Waals surface area (Å²) in [5, 5.41) is 1.17. The van der Waals surface area contributed by atoms with Crippen molar-refractivity contribution in [3.05, 3.63) is 55.3 Å². The van der Waals surface area contributed by atoms with Crippen LogP contribution in [-0.4, -0.2) is 0 Å². The monoisotopic (exact) mass is 216 g/mol. The molecule has 1 nitrogen and oxygen atoms in total. The molecule has 2 rings (SSSR count). The van der Waals surface area contributed by atoms with Crippen LogP contribution in [0.25, 0.3) is 17.0 Å². The quantitative estimate of drug-likeness (QED) is 0.596. The molecule has 2 aromatic rings. The van der Waals surface area contributed by atoms with E-state index in [-0.39, 0.29) is 0 Å². The SMILES string of the molecule is C=C.C=Cc1oc2ccccc2c1C.CC. The zero-order valence-corrected chi connectivity index (χ0v) is 10.4. The number of aryl methyl sites for hydroxylation is 1. The van der Waals surface area contributed by atoms with Crippen molar-refractivity contribution in [1.82, 2.24) is 0 Å². The van der Waals surface area contributed by atoms with Gasteiger partial charge in [-0.2, -0.15) is 0 Å². The van der Waals surface area contributed by atoms with Crippen LogP contribution in [0.4, 0.5) is 0 Å². The lowest BCUT2D eigenvalue weighted by molar-refractivity contribution is 0.601. The molecule has 1 aromatic heterocycles. The highest BCUT2D eigenvalue weighted by Crippen LogP contribution is 2.25. The van der Waals surface area contributed by atoms with Crippen LogP contribution < -0.4 is 0 Å². The van der Waals surface area contributed by atoms with Gasteiger partial charge >= 0.3 is 0 Å². The van der Waals surface area contributed by atoms with Gasteiger partial charge in [0.2, 0.25) is 0 Å². The Morgan fingerprint density at radius 3 is 2.19 bits per heavy atom. The average molecular weight is 216 g/mol. The molecule has 0 unspecified atom stereocenters. The number of hydrogen-bond acceptors (Lipinski definition) is 1. The Hall–Kier alpha value is -1.76. The normalized spacial score (nSPS) is 8.44. The highest BCUT2D eigenvalue weighted by molar-refractivity contribution is 5.83. The molecule has 16 heavy (non-hydrogen) atoms. The molecular formula is C15H20O. The Kier molecular flexibility index (Phi) is 6.69. The summed E-state index contributed by atoms with van der Waals surface area (Å²) < 4.78 is 5.53. The lowest BCUT2D eigenvalue weighted by Gasteiger charge is -1.85. The summed E-state index contributed by atoms with van der Waals surface area (Å²) >= 11 is 0. The van der Waals surface area contributed by atoms with Crippen molar-refractivity contribution in [2.75, 3.05) is 0 Å². The van der Waals surface area contributed by atoms with Gasteiger partial charge in [0.05, 0.1) is 0 Å². The van der Waals surface area contributed by atoms with Crippen LogP contribution in [0.3, 0.4) is 0 Å². The predicted molar refractivity (Wildman–Crippen MR) is 73.6 cm³/mol. The largest absolute Gasteiger partial charge is 0.456 e. The van der Waals surface area contributed by atoms with E-state index in [1.165, 1.54) is 10.9 Å². The second-order valence-corrected chi connectivity index (χ2v) is 2.79. The molecule has 0 atom stereocenters. The average Bonchev–Trinajstić information content (AvgIpc) is 2.72. The fourth-order valence-corrected chi connectivity index (χ4v) is 1.39. The maximum absolute atomic E-state index is 5.53. The molecular weight excluding hydrogens is 196 g/mol. The molecule has 0 saturated carbocycles. The van der Waals surface area contributed by atoms with E-state index in [1.807, 2.05) is 39.0 Å². The Balaban J connectivity index is 0.000000509. The van der Waals surface area contributed by atoms with Crippen LogP contribution in [-0.2, 0) is 0 Å². The highest BCUT2D eigenvalue weighted by Gasteiger charge is 2.05. The van der Waals surface area contributed by atoms with E-state index in [0.29, 0.717) is 0 Å². The molecule has 0 N–H and O–H groups in total. The lowest BCUT2D eigenvalue weighted by atomic mass is 10.1. The number of rotatable bonds is 1. The highest BCUT2D eigenvalue weighted by atomic mass is 16.3. The third-order valence-electron chi connectivity index (χ3n) is 2.07. The van der Waals surface area contributed by atoms with E-state index in [9.17, 15) is 0 Å². The maximum atomic E-state index is 5.53. The third-order valence-corrected chi connectivity index (χ3v) is 2.07. The lowest BCUT2D eigenvalue weighted by Crippen LogP contribution is -1.69. The summed E-state index contributed by atoms with van der Waals surface area (Å²) in [5.41, 5.74) is 2.10. The van der Waals surface area contributed by atoms with Gasteiger partial charge in [-0.25, -0.2) is 0 Å². The van der Waals surface area contributed by atoms with Crippen LogP contribution in [0.2, 0.25) is 0 Å². The van der Waals surface area contributed by atoms with Crippen molar-refractivity contribution in [1.29, 1.82) is 0 Å². The van der Waals surface area contributed by atoms with Gasteiger partial charge in [-0.3, -0.25) is 0 Å². The molecule has 0 saturated heterocycles. The molecule has 0 aliphatic rings. The predicted octanol–water partition coefficient (Wildman–Crippen LogP) is 5.21. The minimum absolute atomic E-state index is 0.871. The van der Waals surface area contributed by atoms with Crippen molar-refractivity contribution >= 4 is 17.0 Å². The molecule has 0 amide bonds. The summed E-state index contributed by atoms with van der Waals surface area (Å²) in [6.45, 7) is 15.7. The summed E-state index contributed by atoms with van der Waals surface area (Å²) in [5.74, 6) is 0.871. The molecule has 0 spiro atoms. The summed E-state index contributed by atoms with van der Waals surface area (Å²) in [6, 6.07) is 8.01. The minimum atomic E-state index is 0.871. The molecule has 0 fully saturated rings. The first-order valence-corrected chi connectivity index (χ1v) is 5.43. The standard InChI is InChI=1S/C11H10O.C2H6.C2H4/c1-3-10-8(2)9-6-4-5-7-11(9)12-10;2*1-2/h3-7H,1H2,2H3;1-2H3;1-2H2. The first-order valence-electron chi connectivity index (χ1n) is 5.43. The van der Waals surface area contributed by atoms with Crippen LogP contribution in [0, 0.1) is 6.92 Å².